The molecular formula is C14H25N. The van der Waals surface area contributed by atoms with Crippen molar-refractivity contribution in [2.75, 3.05) is 6.54 Å². The molecule has 86 valence electrons. The molecule has 0 radical (unpaired) electrons. The minimum absolute atomic E-state index is 0.576. The van der Waals surface area contributed by atoms with Gasteiger partial charge < -0.3 is 5.32 Å². The highest BCUT2D eigenvalue weighted by atomic mass is 14.9. The van der Waals surface area contributed by atoms with E-state index in [1.807, 2.05) is 13.0 Å². The van der Waals surface area contributed by atoms with Gasteiger partial charge in [-0.1, -0.05) is 38.2 Å². The second-order valence-corrected chi connectivity index (χ2v) is 4.37. The van der Waals surface area contributed by atoms with Gasteiger partial charge in [-0.25, -0.2) is 0 Å². The average molecular weight is 207 g/mol. The molecule has 0 saturated heterocycles. The first kappa shape index (κ1) is 14.0. The summed E-state index contributed by atoms with van der Waals surface area (Å²) in [7, 11) is 0. The van der Waals surface area contributed by atoms with E-state index in [0.29, 0.717) is 11.8 Å². The van der Waals surface area contributed by atoms with Crippen LogP contribution >= 0.6 is 0 Å². The summed E-state index contributed by atoms with van der Waals surface area (Å²) in [6.45, 7) is 15.7. The molecule has 0 aromatic rings. The van der Waals surface area contributed by atoms with Gasteiger partial charge in [0.1, 0.15) is 0 Å². The van der Waals surface area contributed by atoms with E-state index < -0.39 is 0 Å². The lowest BCUT2D eigenvalue weighted by molar-refractivity contribution is 0.426. The van der Waals surface area contributed by atoms with Crippen LogP contribution in [0.3, 0.4) is 0 Å². The highest BCUT2D eigenvalue weighted by Gasteiger charge is 2.11. The normalized spacial score (nSPS) is 16.5. The van der Waals surface area contributed by atoms with E-state index in [2.05, 4.69) is 51.7 Å². The second kappa shape index (κ2) is 7.33. The molecule has 15 heavy (non-hydrogen) atoms. The van der Waals surface area contributed by atoms with Crippen molar-refractivity contribution in [1.29, 1.82) is 0 Å². The SMILES string of the molecule is C=C(C)C(C)C(C)CN/C(C)=C/C=C\C. The topological polar surface area (TPSA) is 12.0 Å². The zero-order chi connectivity index (χ0) is 11.8. The maximum absolute atomic E-state index is 4.00. The van der Waals surface area contributed by atoms with E-state index in [0.717, 1.165) is 6.54 Å². The summed E-state index contributed by atoms with van der Waals surface area (Å²) in [6.07, 6.45) is 6.18. The van der Waals surface area contributed by atoms with Crippen LogP contribution in [-0.4, -0.2) is 6.54 Å². The number of allylic oxidation sites excluding steroid dienone is 5. The third-order valence-electron chi connectivity index (χ3n) is 2.87. The Balaban J connectivity index is 4.00. The van der Waals surface area contributed by atoms with Crippen LogP contribution in [0.15, 0.2) is 36.1 Å². The molecular weight excluding hydrogens is 182 g/mol. The van der Waals surface area contributed by atoms with Gasteiger partial charge in [0.15, 0.2) is 0 Å². The first-order valence-corrected chi connectivity index (χ1v) is 5.67. The average Bonchev–Trinajstić information content (AvgIpc) is 2.21. The highest BCUT2D eigenvalue weighted by Crippen LogP contribution is 2.17. The van der Waals surface area contributed by atoms with E-state index in [9.17, 15) is 0 Å². The van der Waals surface area contributed by atoms with Crippen LogP contribution in [0.1, 0.15) is 34.6 Å². The molecule has 1 heteroatoms. The highest BCUT2D eigenvalue weighted by molar-refractivity contribution is 5.08. The largest absolute Gasteiger partial charge is 0.388 e. The molecule has 0 rings (SSSR count). The summed E-state index contributed by atoms with van der Waals surface area (Å²) in [5, 5.41) is 3.42. The summed E-state index contributed by atoms with van der Waals surface area (Å²) in [5.74, 6) is 1.20. The summed E-state index contributed by atoms with van der Waals surface area (Å²) in [4.78, 5) is 0. The number of nitrogens with one attached hydrogen (secondary N) is 1. The molecule has 0 fully saturated rings. The Labute approximate surface area is 95.0 Å². The van der Waals surface area contributed by atoms with Crippen molar-refractivity contribution in [2.45, 2.75) is 34.6 Å². The molecule has 0 bridgehead atoms. The van der Waals surface area contributed by atoms with Crippen LogP contribution in [0.5, 0.6) is 0 Å². The van der Waals surface area contributed by atoms with E-state index in [-0.39, 0.29) is 0 Å². The molecule has 0 heterocycles. The van der Waals surface area contributed by atoms with Crippen molar-refractivity contribution >= 4 is 0 Å². The third-order valence-corrected chi connectivity index (χ3v) is 2.87. The Morgan fingerprint density at radius 2 is 1.93 bits per heavy atom. The van der Waals surface area contributed by atoms with Crippen LogP contribution in [0, 0.1) is 11.8 Å². The summed E-state index contributed by atoms with van der Waals surface area (Å²) in [5.41, 5.74) is 2.48. The van der Waals surface area contributed by atoms with Gasteiger partial charge in [0.2, 0.25) is 0 Å². The molecule has 2 atom stereocenters. The predicted molar refractivity (Wildman–Crippen MR) is 69.7 cm³/mol. The van der Waals surface area contributed by atoms with Crippen molar-refractivity contribution in [3.8, 4) is 0 Å². The lowest BCUT2D eigenvalue weighted by Crippen LogP contribution is -2.24. The minimum atomic E-state index is 0.576. The number of rotatable bonds is 6. The molecule has 0 spiro atoms. The van der Waals surface area contributed by atoms with Gasteiger partial charge >= 0.3 is 0 Å². The smallest absolute Gasteiger partial charge is 0.0175 e. The Bertz CT molecular complexity index is 248. The van der Waals surface area contributed by atoms with Crippen LogP contribution < -0.4 is 5.32 Å². The minimum Gasteiger partial charge on any atom is -0.388 e. The monoisotopic (exact) mass is 207 g/mol. The van der Waals surface area contributed by atoms with Crippen molar-refractivity contribution in [2.24, 2.45) is 11.8 Å². The molecule has 1 N–H and O–H groups in total. The van der Waals surface area contributed by atoms with Gasteiger partial charge in [-0.05, 0) is 38.7 Å². The summed E-state index contributed by atoms with van der Waals surface area (Å²) in [6, 6.07) is 0. The van der Waals surface area contributed by atoms with E-state index in [4.69, 9.17) is 0 Å². The molecule has 0 amide bonds. The van der Waals surface area contributed by atoms with Crippen LogP contribution in [-0.2, 0) is 0 Å². The first-order valence-electron chi connectivity index (χ1n) is 5.67. The van der Waals surface area contributed by atoms with E-state index >= 15 is 0 Å². The zero-order valence-corrected chi connectivity index (χ0v) is 10.8. The summed E-state index contributed by atoms with van der Waals surface area (Å²) >= 11 is 0. The number of hydrogen-bond donors (Lipinski definition) is 1. The predicted octanol–water partition coefficient (Wildman–Crippen LogP) is 3.90. The van der Waals surface area contributed by atoms with Crippen LogP contribution in [0.25, 0.3) is 0 Å². The Hall–Kier alpha value is -0.980. The first-order chi connectivity index (χ1) is 6.99. The molecule has 1 nitrogen and oxygen atoms in total. The van der Waals surface area contributed by atoms with Crippen molar-refractivity contribution in [3.63, 3.8) is 0 Å². The van der Waals surface area contributed by atoms with E-state index in [1.165, 1.54) is 11.3 Å². The van der Waals surface area contributed by atoms with Crippen molar-refractivity contribution in [3.05, 3.63) is 36.1 Å². The standard InChI is InChI=1S/C14H25N/c1-7-8-9-13(5)15-10-12(4)14(6)11(2)3/h7-9,12,14-15H,2,10H2,1,3-6H3/b8-7-,13-9+. The maximum atomic E-state index is 4.00. The van der Waals surface area contributed by atoms with Crippen LogP contribution in [0.2, 0.25) is 0 Å². The Kier molecular flexibility index (Phi) is 6.85. The molecule has 0 aliphatic rings. The maximum Gasteiger partial charge on any atom is 0.0175 e. The van der Waals surface area contributed by atoms with E-state index in [1.54, 1.807) is 0 Å². The van der Waals surface area contributed by atoms with Gasteiger partial charge in [0, 0.05) is 12.2 Å². The van der Waals surface area contributed by atoms with Crippen LogP contribution in [0.4, 0.5) is 0 Å². The molecule has 0 aromatic carbocycles. The van der Waals surface area contributed by atoms with Gasteiger partial charge in [0.05, 0.1) is 0 Å². The third kappa shape index (κ3) is 6.16. The van der Waals surface area contributed by atoms with Gasteiger partial charge in [-0.3, -0.25) is 0 Å². The molecule has 0 saturated carbocycles. The zero-order valence-electron chi connectivity index (χ0n) is 10.8. The van der Waals surface area contributed by atoms with Crippen molar-refractivity contribution < 1.29 is 0 Å². The Morgan fingerprint density at radius 3 is 2.40 bits per heavy atom. The van der Waals surface area contributed by atoms with Gasteiger partial charge in [-0.2, -0.15) is 0 Å². The fourth-order valence-electron chi connectivity index (χ4n) is 1.28. The quantitative estimate of drug-likeness (QED) is 0.514. The van der Waals surface area contributed by atoms with Gasteiger partial charge in [0.25, 0.3) is 0 Å². The molecule has 0 aliphatic carbocycles. The number of hydrogen-bond acceptors (Lipinski definition) is 1. The van der Waals surface area contributed by atoms with Gasteiger partial charge in [-0.15, -0.1) is 0 Å². The lowest BCUT2D eigenvalue weighted by Gasteiger charge is -2.21. The second-order valence-electron chi connectivity index (χ2n) is 4.37. The summed E-state index contributed by atoms with van der Waals surface area (Å²) < 4.78 is 0. The molecule has 2 unspecified atom stereocenters. The molecule has 0 aliphatic heterocycles. The van der Waals surface area contributed by atoms with Crippen molar-refractivity contribution in [1.82, 2.24) is 5.32 Å². The lowest BCUT2D eigenvalue weighted by atomic mass is 9.90. The molecule has 0 aromatic heterocycles. The Morgan fingerprint density at radius 1 is 1.33 bits per heavy atom. The fraction of sp³-hybridized carbons (Fsp3) is 0.571. The fourth-order valence-corrected chi connectivity index (χ4v) is 1.28.